The van der Waals surface area contributed by atoms with Gasteiger partial charge in [0, 0.05) is 0 Å². The van der Waals surface area contributed by atoms with E-state index >= 15 is 0 Å². The summed E-state index contributed by atoms with van der Waals surface area (Å²) in [6.07, 6.45) is -1.83. The average molecular weight is 113 g/mol. The smallest absolute Gasteiger partial charge is 0.450 e. The Morgan fingerprint density at radius 1 is 1.14 bits per heavy atom. The van der Waals surface area contributed by atoms with Crippen molar-refractivity contribution in [2.24, 2.45) is 0 Å². The van der Waals surface area contributed by atoms with E-state index < -0.39 is 6.16 Å². The van der Waals surface area contributed by atoms with Crippen molar-refractivity contribution >= 4 is 6.16 Å². The van der Waals surface area contributed by atoms with E-state index in [1.54, 1.807) is 0 Å². The summed E-state index contributed by atoms with van der Waals surface area (Å²) in [6, 6.07) is 0. The van der Waals surface area contributed by atoms with Gasteiger partial charge in [0.15, 0.2) is 0 Å². The molecule has 0 amide bonds. The van der Waals surface area contributed by atoms with Crippen molar-refractivity contribution in [2.45, 2.75) is 0 Å². The number of rotatable bonds is 0. The highest BCUT2D eigenvalue weighted by molar-refractivity contribution is 5.53. The van der Waals surface area contributed by atoms with Crippen molar-refractivity contribution in [3.8, 4) is 0 Å². The van der Waals surface area contributed by atoms with Crippen LogP contribution in [0.3, 0.4) is 0 Å². The predicted molar refractivity (Wildman–Crippen MR) is 20.9 cm³/mol. The molecule has 0 radical (unpaired) electrons. The minimum Gasteiger partial charge on any atom is -0.450 e. The van der Waals surface area contributed by atoms with Gasteiger partial charge in [0.25, 0.3) is 0 Å². The monoisotopic (exact) mass is 113 g/mol. The van der Waals surface area contributed by atoms with Crippen LogP contribution in [0.1, 0.15) is 0 Å². The second kappa shape index (κ2) is 19.2. The minimum absolute atomic E-state index is 0. The third kappa shape index (κ3) is 70.7. The molecule has 0 spiro atoms. The third-order valence-corrected chi connectivity index (χ3v) is 0. The second-order valence-electron chi connectivity index (χ2n) is 0.283. The van der Waals surface area contributed by atoms with Crippen LogP contribution in [0.15, 0.2) is 0 Å². The topological polar surface area (TPSA) is 133 Å². The quantitative estimate of drug-likeness (QED) is 0.228. The number of hydrogen-bond acceptors (Lipinski definition) is 4. The van der Waals surface area contributed by atoms with Crippen LogP contribution in [-0.2, 0) is 0 Å². The first-order valence-corrected chi connectivity index (χ1v) is 0.851. The van der Waals surface area contributed by atoms with E-state index in [1.807, 2.05) is 0 Å². The van der Waals surface area contributed by atoms with Crippen molar-refractivity contribution in [3.05, 3.63) is 0 Å². The Morgan fingerprint density at radius 3 is 1.14 bits per heavy atom. The summed E-state index contributed by atoms with van der Waals surface area (Å²) in [5, 5.41) is 25.9. The molecule has 0 aliphatic carbocycles. The lowest BCUT2D eigenvalue weighted by atomic mass is 11.5. The Morgan fingerprint density at radius 2 is 1.14 bits per heavy atom. The van der Waals surface area contributed by atoms with Crippen LogP contribution >= 0.6 is 0 Å². The van der Waals surface area contributed by atoms with Gasteiger partial charge >= 0.3 is 6.16 Å². The van der Waals surface area contributed by atoms with Gasteiger partial charge in [0.2, 0.25) is 0 Å². The molecule has 0 rings (SSSR count). The zero-order valence-electron chi connectivity index (χ0n) is 3.40. The Balaban J connectivity index is -0.0000000480. The van der Waals surface area contributed by atoms with Gasteiger partial charge < -0.3 is 16.4 Å². The average Bonchev–Trinajstić information content (AvgIpc) is 1.41. The van der Waals surface area contributed by atoms with Crippen molar-refractivity contribution < 1.29 is 25.5 Å². The molecule has 0 aromatic heterocycles. The van der Waals surface area contributed by atoms with Gasteiger partial charge in [0.1, 0.15) is 0 Å². The van der Waals surface area contributed by atoms with Crippen molar-refractivity contribution in [1.82, 2.24) is 6.15 Å². The highest BCUT2D eigenvalue weighted by Crippen LogP contribution is 1.42. The second-order valence-corrected chi connectivity index (χ2v) is 0.283. The zero-order chi connectivity index (χ0) is 5.58. The molecule has 0 aliphatic heterocycles. The summed E-state index contributed by atoms with van der Waals surface area (Å²) in [6.45, 7) is 0. The fraction of sp³-hybridized carbons (Fsp3) is 0. The molecule has 0 heterocycles. The molecule has 0 fully saturated rings. The SMILES string of the molecule is N.O=C(O)O.OO. The van der Waals surface area contributed by atoms with Crippen molar-refractivity contribution in [1.29, 1.82) is 0 Å². The number of carboxylic acid groups (broad SMARTS) is 2. The highest BCUT2D eigenvalue weighted by atomic mass is 17.0. The summed E-state index contributed by atoms with van der Waals surface area (Å²) in [7, 11) is 0. The van der Waals surface area contributed by atoms with E-state index in [4.69, 9.17) is 25.5 Å². The van der Waals surface area contributed by atoms with Gasteiger partial charge in [-0.25, -0.2) is 4.79 Å². The molecule has 6 heteroatoms. The van der Waals surface area contributed by atoms with Gasteiger partial charge in [-0.15, -0.1) is 0 Å². The molecule has 0 saturated carbocycles. The van der Waals surface area contributed by atoms with Crippen LogP contribution in [0.5, 0.6) is 0 Å². The first-order chi connectivity index (χ1) is 2.73. The molecule has 0 aromatic rings. The summed E-state index contributed by atoms with van der Waals surface area (Å²) < 4.78 is 0. The fourth-order valence-corrected chi connectivity index (χ4v) is 0. The normalized spacial score (nSPS) is 4.29. The molecule has 0 saturated heterocycles. The maximum Gasteiger partial charge on any atom is 0.503 e. The molecule has 46 valence electrons. The summed E-state index contributed by atoms with van der Waals surface area (Å²) >= 11 is 0. The lowest BCUT2D eigenvalue weighted by Gasteiger charge is -1.60. The van der Waals surface area contributed by atoms with Gasteiger partial charge in [0.05, 0.1) is 0 Å². The van der Waals surface area contributed by atoms with E-state index in [2.05, 4.69) is 0 Å². The molecular formula is CH7NO5. The van der Waals surface area contributed by atoms with E-state index in [1.165, 1.54) is 0 Å². The van der Waals surface area contributed by atoms with Crippen LogP contribution in [0.4, 0.5) is 4.79 Å². The van der Waals surface area contributed by atoms with E-state index in [9.17, 15) is 0 Å². The molecule has 0 aliphatic rings. The molecule has 0 unspecified atom stereocenters. The van der Waals surface area contributed by atoms with Gasteiger partial charge in [-0.1, -0.05) is 0 Å². The van der Waals surface area contributed by atoms with E-state index in [0.29, 0.717) is 0 Å². The van der Waals surface area contributed by atoms with Crippen LogP contribution in [0.25, 0.3) is 0 Å². The Bertz CT molecular complexity index is 31.1. The fourth-order valence-electron chi connectivity index (χ4n) is 0. The first-order valence-electron chi connectivity index (χ1n) is 0.851. The lowest BCUT2D eigenvalue weighted by Crippen LogP contribution is -1.81. The molecule has 0 bridgehead atoms. The van der Waals surface area contributed by atoms with Crippen LogP contribution < -0.4 is 6.15 Å². The molecule has 0 aromatic carbocycles. The van der Waals surface area contributed by atoms with Gasteiger partial charge in [-0.05, 0) is 0 Å². The Labute approximate surface area is 39.1 Å². The number of carbonyl (C=O) groups is 1. The zero-order valence-corrected chi connectivity index (χ0v) is 3.40. The maximum absolute atomic E-state index is 8.56. The molecule has 7 heavy (non-hydrogen) atoms. The molecular weight excluding hydrogens is 106 g/mol. The first kappa shape index (κ1) is 16.4. The third-order valence-electron chi connectivity index (χ3n) is 0. The van der Waals surface area contributed by atoms with Crippen molar-refractivity contribution in [2.75, 3.05) is 0 Å². The summed E-state index contributed by atoms with van der Waals surface area (Å²) in [4.78, 5) is 8.56. The summed E-state index contributed by atoms with van der Waals surface area (Å²) in [5.41, 5.74) is 0. The minimum atomic E-state index is -1.83. The predicted octanol–water partition coefficient (Wildman–Crippen LogP) is 0.402. The molecule has 0 atom stereocenters. The Kier molecular flexibility index (Phi) is 45.1. The molecule has 6 nitrogen and oxygen atoms in total. The van der Waals surface area contributed by atoms with Crippen LogP contribution in [-0.4, -0.2) is 26.9 Å². The van der Waals surface area contributed by atoms with Crippen LogP contribution in [0, 0.1) is 0 Å². The highest BCUT2D eigenvalue weighted by Gasteiger charge is 1.70. The van der Waals surface area contributed by atoms with Crippen LogP contribution in [0.2, 0.25) is 0 Å². The lowest BCUT2D eigenvalue weighted by molar-refractivity contribution is -0.176. The maximum atomic E-state index is 8.56. The van der Waals surface area contributed by atoms with E-state index in [-0.39, 0.29) is 6.15 Å². The van der Waals surface area contributed by atoms with Gasteiger partial charge in [-0.2, -0.15) is 0 Å². The summed E-state index contributed by atoms with van der Waals surface area (Å²) in [5.74, 6) is 0. The number of hydrogen-bond donors (Lipinski definition) is 5. The van der Waals surface area contributed by atoms with Gasteiger partial charge in [-0.3, -0.25) is 10.5 Å². The largest absolute Gasteiger partial charge is 0.503 e. The standard InChI is InChI=1S/CH2O3.H3N.H2O2/c2-1(3)4;;1-2/h(H2,2,3,4);1H3;1-2H. The Hall–Kier alpha value is -0.850. The molecule has 7 N–H and O–H groups in total. The van der Waals surface area contributed by atoms with E-state index in [0.717, 1.165) is 0 Å². The van der Waals surface area contributed by atoms with Crippen molar-refractivity contribution in [3.63, 3.8) is 0 Å².